The average molecular weight is 326 g/mol. The Bertz CT molecular complexity index is 636. The predicted octanol–water partition coefficient (Wildman–Crippen LogP) is 4.07. The van der Waals surface area contributed by atoms with Gasteiger partial charge >= 0.3 is 0 Å². The van der Waals surface area contributed by atoms with Crippen molar-refractivity contribution in [3.8, 4) is 11.4 Å². The third kappa shape index (κ3) is 2.80. The van der Waals surface area contributed by atoms with Gasteiger partial charge in [-0.05, 0) is 50.6 Å². The summed E-state index contributed by atoms with van der Waals surface area (Å²) in [7, 11) is 0. The average Bonchev–Trinajstić information content (AvgIpc) is 3.01. The molecule has 0 amide bonds. The van der Waals surface area contributed by atoms with E-state index in [1.54, 1.807) is 12.1 Å². The summed E-state index contributed by atoms with van der Waals surface area (Å²) in [6.45, 7) is 4.14. The van der Waals surface area contributed by atoms with Gasteiger partial charge in [-0.2, -0.15) is 4.98 Å². The molecule has 2 heterocycles. The molecule has 0 unspecified atom stereocenters. The Labute approximate surface area is 133 Å². The fraction of sp³-hybridized carbons (Fsp3) is 0.467. The summed E-state index contributed by atoms with van der Waals surface area (Å²) < 4.78 is 5.56. The first kappa shape index (κ1) is 14.8. The van der Waals surface area contributed by atoms with Gasteiger partial charge in [0.05, 0.1) is 15.5 Å². The molecule has 1 aliphatic heterocycles. The molecule has 1 fully saturated rings. The molecule has 6 heteroatoms. The summed E-state index contributed by atoms with van der Waals surface area (Å²) >= 11 is 12.0. The minimum atomic E-state index is -0.00722. The Hall–Kier alpha value is -1.10. The van der Waals surface area contributed by atoms with E-state index in [9.17, 15) is 0 Å². The van der Waals surface area contributed by atoms with Crippen molar-refractivity contribution in [1.29, 1.82) is 0 Å². The highest BCUT2D eigenvalue weighted by Gasteiger charge is 2.37. The van der Waals surface area contributed by atoms with E-state index in [-0.39, 0.29) is 5.41 Å². The summed E-state index contributed by atoms with van der Waals surface area (Å²) in [5.41, 5.74) is 0.812. The number of piperidine rings is 1. The zero-order chi connectivity index (χ0) is 14.9. The largest absolute Gasteiger partial charge is 0.338 e. The van der Waals surface area contributed by atoms with E-state index >= 15 is 0 Å². The number of halogens is 2. The third-order valence-corrected chi connectivity index (χ3v) is 5.03. The third-order valence-electron chi connectivity index (χ3n) is 4.29. The monoisotopic (exact) mass is 325 g/mol. The number of nitrogens with one attached hydrogen (secondary N) is 1. The topological polar surface area (TPSA) is 51.0 Å². The maximum atomic E-state index is 6.05. The first-order valence-corrected chi connectivity index (χ1v) is 7.90. The van der Waals surface area contributed by atoms with Crippen LogP contribution in [0.1, 0.15) is 32.1 Å². The van der Waals surface area contributed by atoms with Gasteiger partial charge in [-0.25, -0.2) is 0 Å². The SMILES string of the molecule is CCC1(c2nc(-c3ccc(Cl)c(Cl)c3)no2)CCNCC1. The smallest absolute Gasteiger partial charge is 0.233 e. The molecule has 1 N–H and O–H groups in total. The van der Waals surface area contributed by atoms with Gasteiger partial charge in [0, 0.05) is 5.56 Å². The van der Waals surface area contributed by atoms with Gasteiger partial charge in [0.1, 0.15) is 0 Å². The summed E-state index contributed by atoms with van der Waals surface area (Å²) in [6, 6.07) is 5.36. The van der Waals surface area contributed by atoms with Crippen molar-refractivity contribution >= 4 is 23.2 Å². The van der Waals surface area contributed by atoms with Crippen molar-refractivity contribution in [3.05, 3.63) is 34.1 Å². The van der Waals surface area contributed by atoms with Gasteiger partial charge in [-0.15, -0.1) is 0 Å². The van der Waals surface area contributed by atoms with Crippen LogP contribution in [0, 0.1) is 0 Å². The molecule has 21 heavy (non-hydrogen) atoms. The second kappa shape index (κ2) is 5.95. The molecule has 2 aromatic rings. The van der Waals surface area contributed by atoms with E-state index in [4.69, 9.17) is 27.7 Å². The van der Waals surface area contributed by atoms with Crippen molar-refractivity contribution in [1.82, 2.24) is 15.5 Å². The highest BCUT2D eigenvalue weighted by molar-refractivity contribution is 6.42. The number of hydrogen-bond acceptors (Lipinski definition) is 4. The Kier molecular flexibility index (Phi) is 4.20. The predicted molar refractivity (Wildman–Crippen MR) is 83.8 cm³/mol. The lowest BCUT2D eigenvalue weighted by atomic mass is 9.76. The van der Waals surface area contributed by atoms with E-state index in [2.05, 4.69) is 22.4 Å². The first-order chi connectivity index (χ1) is 10.1. The molecular formula is C15H17Cl2N3O. The molecule has 1 aliphatic rings. The minimum Gasteiger partial charge on any atom is -0.338 e. The molecule has 0 spiro atoms. The van der Waals surface area contributed by atoms with E-state index in [1.165, 1.54) is 0 Å². The van der Waals surface area contributed by atoms with Crippen LogP contribution in [0.2, 0.25) is 10.0 Å². The molecular weight excluding hydrogens is 309 g/mol. The lowest BCUT2D eigenvalue weighted by Gasteiger charge is -2.33. The summed E-state index contributed by atoms with van der Waals surface area (Å²) in [4.78, 5) is 4.61. The van der Waals surface area contributed by atoms with Crippen molar-refractivity contribution in [2.75, 3.05) is 13.1 Å². The van der Waals surface area contributed by atoms with Gasteiger partial charge < -0.3 is 9.84 Å². The van der Waals surface area contributed by atoms with Crippen LogP contribution in [0.3, 0.4) is 0 Å². The quantitative estimate of drug-likeness (QED) is 0.923. The van der Waals surface area contributed by atoms with E-state index < -0.39 is 0 Å². The molecule has 0 atom stereocenters. The minimum absolute atomic E-state index is 0.00722. The normalized spacial score (nSPS) is 17.9. The van der Waals surface area contributed by atoms with Gasteiger partial charge in [-0.3, -0.25) is 0 Å². The van der Waals surface area contributed by atoms with Gasteiger partial charge in [0.15, 0.2) is 0 Å². The Morgan fingerprint density at radius 1 is 1.24 bits per heavy atom. The molecule has 0 radical (unpaired) electrons. The lowest BCUT2D eigenvalue weighted by molar-refractivity contribution is 0.216. The highest BCUT2D eigenvalue weighted by Crippen LogP contribution is 2.36. The van der Waals surface area contributed by atoms with E-state index in [0.717, 1.165) is 43.8 Å². The zero-order valence-corrected chi connectivity index (χ0v) is 13.3. The highest BCUT2D eigenvalue weighted by atomic mass is 35.5. The van der Waals surface area contributed by atoms with Crippen molar-refractivity contribution in [2.45, 2.75) is 31.6 Å². The van der Waals surface area contributed by atoms with Crippen LogP contribution in [-0.4, -0.2) is 23.2 Å². The maximum Gasteiger partial charge on any atom is 0.233 e. The molecule has 1 aromatic carbocycles. The van der Waals surface area contributed by atoms with E-state index in [0.29, 0.717) is 15.9 Å². The molecule has 4 nitrogen and oxygen atoms in total. The fourth-order valence-corrected chi connectivity index (χ4v) is 3.11. The molecule has 0 saturated carbocycles. The van der Waals surface area contributed by atoms with Crippen molar-refractivity contribution in [2.24, 2.45) is 0 Å². The summed E-state index contributed by atoms with van der Waals surface area (Å²) in [6.07, 6.45) is 3.04. The van der Waals surface area contributed by atoms with Gasteiger partial charge in [0.25, 0.3) is 0 Å². The van der Waals surface area contributed by atoms with E-state index in [1.807, 2.05) is 6.07 Å². The summed E-state index contributed by atoms with van der Waals surface area (Å²) in [5.74, 6) is 1.29. The van der Waals surface area contributed by atoms with Crippen LogP contribution >= 0.6 is 23.2 Å². The maximum absolute atomic E-state index is 6.05. The molecule has 0 aliphatic carbocycles. The van der Waals surface area contributed by atoms with Gasteiger partial charge in [0.2, 0.25) is 11.7 Å². The summed E-state index contributed by atoms with van der Waals surface area (Å²) in [5, 5.41) is 8.50. The van der Waals surface area contributed by atoms with Crippen LogP contribution in [0.5, 0.6) is 0 Å². The Morgan fingerprint density at radius 2 is 2.00 bits per heavy atom. The molecule has 112 valence electrons. The Morgan fingerprint density at radius 3 is 2.67 bits per heavy atom. The van der Waals surface area contributed by atoms with Crippen LogP contribution in [-0.2, 0) is 5.41 Å². The number of rotatable bonds is 3. The van der Waals surface area contributed by atoms with Crippen LogP contribution in [0.4, 0.5) is 0 Å². The number of nitrogens with zero attached hydrogens (tertiary/aromatic N) is 2. The lowest BCUT2D eigenvalue weighted by Crippen LogP contribution is -2.39. The zero-order valence-electron chi connectivity index (χ0n) is 11.8. The Balaban J connectivity index is 1.93. The van der Waals surface area contributed by atoms with Crippen LogP contribution in [0.15, 0.2) is 22.7 Å². The van der Waals surface area contributed by atoms with Gasteiger partial charge in [-0.1, -0.05) is 35.3 Å². The first-order valence-electron chi connectivity index (χ1n) is 7.15. The van der Waals surface area contributed by atoms with Crippen LogP contribution < -0.4 is 5.32 Å². The standard InChI is InChI=1S/C15H17Cl2N3O/c1-2-15(5-7-18-8-6-15)14-19-13(20-21-14)10-3-4-11(16)12(17)9-10/h3-4,9,18H,2,5-8H2,1H3. The molecule has 1 saturated heterocycles. The number of hydrogen-bond donors (Lipinski definition) is 1. The van der Waals surface area contributed by atoms with Crippen molar-refractivity contribution < 1.29 is 4.52 Å². The van der Waals surface area contributed by atoms with Crippen LogP contribution in [0.25, 0.3) is 11.4 Å². The van der Waals surface area contributed by atoms with Crippen molar-refractivity contribution in [3.63, 3.8) is 0 Å². The molecule has 0 bridgehead atoms. The molecule has 1 aromatic heterocycles. The second-order valence-corrected chi connectivity index (χ2v) is 6.25. The second-order valence-electron chi connectivity index (χ2n) is 5.44. The number of benzene rings is 1. The fourth-order valence-electron chi connectivity index (χ4n) is 2.82. The molecule has 3 rings (SSSR count). The number of aromatic nitrogens is 2.